The summed E-state index contributed by atoms with van der Waals surface area (Å²) in [6.45, 7) is 5.05. The van der Waals surface area contributed by atoms with Crippen LogP contribution in [-0.2, 0) is 28.7 Å². The number of esters is 2. The fraction of sp³-hybridized carbons (Fsp3) is 0.739. The van der Waals surface area contributed by atoms with Gasteiger partial charge in [-0.05, 0) is 89.9 Å². The number of rotatable bonds is 39. The normalized spacial score (nSPS) is 11.7. The maximum absolute atomic E-state index is 12.9. The van der Waals surface area contributed by atoms with Crippen molar-refractivity contribution in [2.24, 2.45) is 0 Å². The molecule has 0 aliphatic rings. The molecule has 8 nitrogen and oxygen atoms in total. The van der Waals surface area contributed by atoms with Crippen molar-refractivity contribution in [2.75, 3.05) is 26.3 Å². The standard InChI is InChI=1S/C46H79NO7/c1-3-5-7-9-11-13-15-17-19-21-23-25-27-29-31-37-45(51)53-41-39-47(43(48)35-33-34-36-44(49)50)40-42-54-46(52)38-32-30-28-26-24-22-20-18-16-14-12-10-8-6-4-2/h11-14,17-20H,3-10,15-16,21-42H2,1-2H3,(H,49,50)/b13-11-,14-12-,19-17-,20-18-. The van der Waals surface area contributed by atoms with Crippen LogP contribution in [0.5, 0.6) is 0 Å². The largest absolute Gasteiger partial charge is 0.481 e. The first kappa shape index (κ1) is 50.8. The lowest BCUT2D eigenvalue weighted by molar-refractivity contribution is -0.147. The van der Waals surface area contributed by atoms with Gasteiger partial charge < -0.3 is 19.5 Å². The minimum absolute atomic E-state index is 0.0187. The Kier molecular flexibility index (Phi) is 38.6. The van der Waals surface area contributed by atoms with Crippen molar-refractivity contribution in [3.05, 3.63) is 48.6 Å². The Balaban J connectivity index is 4.17. The van der Waals surface area contributed by atoms with E-state index in [-0.39, 0.29) is 57.0 Å². The van der Waals surface area contributed by atoms with Crippen molar-refractivity contribution in [2.45, 2.75) is 194 Å². The Hall–Kier alpha value is -3.16. The molecule has 310 valence electrons. The van der Waals surface area contributed by atoms with Gasteiger partial charge in [0.2, 0.25) is 5.91 Å². The van der Waals surface area contributed by atoms with E-state index >= 15 is 0 Å². The number of aliphatic carboxylic acids is 1. The molecule has 0 saturated heterocycles. The summed E-state index contributed by atoms with van der Waals surface area (Å²) in [6, 6.07) is 0. The summed E-state index contributed by atoms with van der Waals surface area (Å²) < 4.78 is 10.8. The monoisotopic (exact) mass is 758 g/mol. The van der Waals surface area contributed by atoms with Gasteiger partial charge in [-0.3, -0.25) is 19.2 Å². The Morgan fingerprint density at radius 1 is 0.444 bits per heavy atom. The predicted molar refractivity (Wildman–Crippen MR) is 223 cm³/mol. The van der Waals surface area contributed by atoms with E-state index in [9.17, 15) is 19.2 Å². The summed E-state index contributed by atoms with van der Waals surface area (Å²) in [5.74, 6) is -1.57. The summed E-state index contributed by atoms with van der Waals surface area (Å²) in [4.78, 5) is 49.9. The Morgan fingerprint density at radius 3 is 1.20 bits per heavy atom. The lowest BCUT2D eigenvalue weighted by atomic mass is 10.1. The third-order valence-corrected chi connectivity index (χ3v) is 9.30. The number of ether oxygens (including phenoxy) is 2. The van der Waals surface area contributed by atoms with Crippen molar-refractivity contribution < 1.29 is 33.8 Å². The number of nitrogens with zero attached hydrogens (tertiary/aromatic N) is 1. The lowest BCUT2D eigenvalue weighted by Crippen LogP contribution is -2.37. The van der Waals surface area contributed by atoms with Crippen molar-refractivity contribution in [3.8, 4) is 0 Å². The summed E-state index contributed by atoms with van der Waals surface area (Å²) >= 11 is 0. The van der Waals surface area contributed by atoms with E-state index < -0.39 is 5.97 Å². The van der Waals surface area contributed by atoms with Gasteiger partial charge in [-0.1, -0.05) is 127 Å². The van der Waals surface area contributed by atoms with Crippen molar-refractivity contribution in [3.63, 3.8) is 0 Å². The second kappa shape index (κ2) is 41.0. The molecule has 0 rings (SSSR count). The summed E-state index contributed by atoms with van der Waals surface area (Å²) in [5.41, 5.74) is 0. The maximum atomic E-state index is 12.9. The number of allylic oxidation sites excluding steroid dienone is 8. The van der Waals surface area contributed by atoms with E-state index in [1.807, 2.05) is 0 Å². The van der Waals surface area contributed by atoms with Crippen molar-refractivity contribution in [1.82, 2.24) is 4.90 Å². The molecular formula is C46H79NO7. The first-order valence-electron chi connectivity index (χ1n) is 21.8. The van der Waals surface area contributed by atoms with Gasteiger partial charge in [0, 0.05) is 25.7 Å². The highest BCUT2D eigenvalue weighted by atomic mass is 16.5. The molecular weight excluding hydrogens is 679 g/mol. The fourth-order valence-corrected chi connectivity index (χ4v) is 5.92. The molecule has 0 aromatic heterocycles. The minimum atomic E-state index is -0.883. The number of hydrogen-bond acceptors (Lipinski definition) is 6. The van der Waals surface area contributed by atoms with Gasteiger partial charge >= 0.3 is 17.9 Å². The smallest absolute Gasteiger partial charge is 0.305 e. The topological polar surface area (TPSA) is 110 Å². The summed E-state index contributed by atoms with van der Waals surface area (Å²) in [6.07, 6.45) is 44.5. The molecule has 0 bridgehead atoms. The molecule has 1 amide bonds. The van der Waals surface area contributed by atoms with E-state index in [1.54, 1.807) is 4.90 Å². The molecule has 0 aliphatic heterocycles. The predicted octanol–water partition coefficient (Wildman–Crippen LogP) is 12.2. The Labute approximate surface area is 330 Å². The minimum Gasteiger partial charge on any atom is -0.481 e. The highest BCUT2D eigenvalue weighted by Gasteiger charge is 2.15. The van der Waals surface area contributed by atoms with Crippen LogP contribution in [0.3, 0.4) is 0 Å². The molecule has 0 spiro atoms. The van der Waals surface area contributed by atoms with Crippen LogP contribution in [0.25, 0.3) is 0 Å². The second-order valence-corrected chi connectivity index (χ2v) is 14.4. The molecule has 1 N–H and O–H groups in total. The quantitative estimate of drug-likeness (QED) is 0.0377. The zero-order valence-electron chi connectivity index (χ0n) is 34.6. The van der Waals surface area contributed by atoms with Crippen LogP contribution in [0.4, 0.5) is 0 Å². The number of carbonyl (C=O) groups excluding carboxylic acids is 3. The van der Waals surface area contributed by atoms with Gasteiger partial charge in [-0.25, -0.2) is 0 Å². The van der Waals surface area contributed by atoms with Gasteiger partial charge in [0.25, 0.3) is 0 Å². The highest BCUT2D eigenvalue weighted by Crippen LogP contribution is 2.11. The average Bonchev–Trinajstić information content (AvgIpc) is 3.15. The summed E-state index contributed by atoms with van der Waals surface area (Å²) in [5, 5.41) is 8.89. The SMILES string of the molecule is CCCCC/C=C\C/C=C\CCCCCCCC(=O)OCCN(CCOC(=O)CCCCCCC/C=C\C/C=C\CCCCC)C(=O)CCCCC(=O)O. The highest BCUT2D eigenvalue weighted by molar-refractivity contribution is 5.76. The molecule has 54 heavy (non-hydrogen) atoms. The van der Waals surface area contributed by atoms with Crippen LogP contribution in [0.15, 0.2) is 48.6 Å². The van der Waals surface area contributed by atoms with Gasteiger partial charge in [0.1, 0.15) is 13.2 Å². The van der Waals surface area contributed by atoms with Gasteiger partial charge in [0.15, 0.2) is 0 Å². The number of hydrogen-bond donors (Lipinski definition) is 1. The molecule has 0 unspecified atom stereocenters. The number of carboxylic acids is 1. The Bertz CT molecular complexity index is 968. The molecule has 0 heterocycles. The number of unbranched alkanes of at least 4 members (excludes halogenated alkanes) is 17. The Morgan fingerprint density at radius 2 is 0.796 bits per heavy atom. The molecule has 0 fully saturated rings. The van der Waals surface area contributed by atoms with Gasteiger partial charge in [0.05, 0.1) is 13.1 Å². The van der Waals surface area contributed by atoms with Crippen LogP contribution in [0.2, 0.25) is 0 Å². The van der Waals surface area contributed by atoms with E-state index in [0.29, 0.717) is 25.7 Å². The molecule has 0 aromatic rings. The molecule has 0 aliphatic carbocycles. The zero-order chi connectivity index (χ0) is 39.6. The second-order valence-electron chi connectivity index (χ2n) is 14.4. The first-order valence-corrected chi connectivity index (χ1v) is 21.8. The van der Waals surface area contributed by atoms with Crippen LogP contribution in [0, 0.1) is 0 Å². The fourth-order valence-electron chi connectivity index (χ4n) is 5.92. The summed E-state index contributed by atoms with van der Waals surface area (Å²) in [7, 11) is 0. The lowest BCUT2D eigenvalue weighted by Gasteiger charge is -2.22. The molecule has 0 saturated carbocycles. The average molecular weight is 758 g/mol. The van der Waals surface area contributed by atoms with Crippen LogP contribution in [-0.4, -0.2) is 60.1 Å². The van der Waals surface area contributed by atoms with Crippen LogP contribution < -0.4 is 0 Å². The first-order chi connectivity index (χ1) is 26.4. The number of carbonyl (C=O) groups is 4. The van der Waals surface area contributed by atoms with E-state index in [1.165, 1.54) is 51.4 Å². The van der Waals surface area contributed by atoms with E-state index in [2.05, 4.69) is 62.5 Å². The van der Waals surface area contributed by atoms with Crippen LogP contribution >= 0.6 is 0 Å². The van der Waals surface area contributed by atoms with Crippen molar-refractivity contribution in [1.29, 1.82) is 0 Å². The molecule has 8 heteroatoms. The third kappa shape index (κ3) is 38.6. The maximum Gasteiger partial charge on any atom is 0.305 e. The molecule has 0 atom stereocenters. The zero-order valence-corrected chi connectivity index (χ0v) is 34.6. The molecule has 0 radical (unpaired) electrons. The van der Waals surface area contributed by atoms with Crippen LogP contribution in [0.1, 0.15) is 194 Å². The van der Waals surface area contributed by atoms with E-state index in [4.69, 9.17) is 14.6 Å². The van der Waals surface area contributed by atoms with E-state index in [0.717, 1.165) is 89.9 Å². The third-order valence-electron chi connectivity index (χ3n) is 9.30. The molecule has 0 aromatic carbocycles. The number of amides is 1. The van der Waals surface area contributed by atoms with Crippen molar-refractivity contribution >= 4 is 23.8 Å². The number of carboxylic acid groups (broad SMARTS) is 1. The van der Waals surface area contributed by atoms with Gasteiger partial charge in [-0.2, -0.15) is 0 Å². The van der Waals surface area contributed by atoms with Gasteiger partial charge in [-0.15, -0.1) is 0 Å².